The molecule has 1 aliphatic carbocycles. The van der Waals surface area contributed by atoms with Gasteiger partial charge in [-0.2, -0.15) is 0 Å². The molecule has 3 atom stereocenters. The molecule has 1 saturated heterocycles. The molecule has 2 amide bonds. The van der Waals surface area contributed by atoms with Crippen LogP contribution in [0.5, 0.6) is 0 Å². The maximum absolute atomic E-state index is 12.8. The smallest absolute Gasteiger partial charge is 0.249 e. The average molecular weight is 334 g/mol. The number of nitrogens with zero attached hydrogens (tertiary/aromatic N) is 2. The molecule has 0 bridgehead atoms. The molecule has 128 valence electrons. The Balaban J connectivity index is 1.43. The first kappa shape index (κ1) is 15.9. The predicted octanol–water partition coefficient (Wildman–Crippen LogP) is 3.05. The van der Waals surface area contributed by atoms with E-state index < -0.39 is 0 Å². The van der Waals surface area contributed by atoms with Crippen LogP contribution in [-0.2, 0) is 9.59 Å². The maximum atomic E-state index is 12.8. The highest BCUT2D eigenvalue weighted by atomic mass is 16.2. The molecular formula is C21H22N2O2. The van der Waals surface area contributed by atoms with E-state index in [-0.39, 0.29) is 23.8 Å². The molecule has 1 heterocycles. The van der Waals surface area contributed by atoms with Gasteiger partial charge >= 0.3 is 0 Å². The van der Waals surface area contributed by atoms with Gasteiger partial charge in [0.15, 0.2) is 0 Å². The Morgan fingerprint density at radius 3 is 2.36 bits per heavy atom. The number of likely N-dealkylation sites (N-methyl/N-ethyl adjacent to an activating group) is 1. The van der Waals surface area contributed by atoms with Gasteiger partial charge in [0.1, 0.15) is 6.04 Å². The Morgan fingerprint density at radius 2 is 1.68 bits per heavy atom. The quantitative estimate of drug-likeness (QED) is 0.862. The lowest BCUT2D eigenvalue weighted by Crippen LogP contribution is -2.43. The van der Waals surface area contributed by atoms with Crippen LogP contribution < -0.4 is 4.90 Å². The minimum absolute atomic E-state index is 0.0194. The topological polar surface area (TPSA) is 40.6 Å². The number of carbonyl (C=O) groups excluding carboxylic acids is 2. The molecule has 25 heavy (non-hydrogen) atoms. The number of para-hydroxylation sites is 1. The van der Waals surface area contributed by atoms with E-state index in [2.05, 4.69) is 12.1 Å². The van der Waals surface area contributed by atoms with Crippen LogP contribution in [0.15, 0.2) is 60.7 Å². The van der Waals surface area contributed by atoms with Crippen molar-refractivity contribution in [3.63, 3.8) is 0 Å². The van der Waals surface area contributed by atoms with E-state index in [1.165, 1.54) is 5.56 Å². The number of rotatable bonds is 4. The van der Waals surface area contributed by atoms with Crippen molar-refractivity contribution in [3.8, 4) is 0 Å². The number of benzene rings is 2. The van der Waals surface area contributed by atoms with Gasteiger partial charge in [0.05, 0.1) is 0 Å². The van der Waals surface area contributed by atoms with Crippen LogP contribution in [0.1, 0.15) is 24.3 Å². The fourth-order valence-corrected chi connectivity index (χ4v) is 3.84. The highest BCUT2D eigenvalue weighted by Gasteiger charge is 2.48. The third-order valence-electron chi connectivity index (χ3n) is 5.40. The van der Waals surface area contributed by atoms with Gasteiger partial charge in [-0.3, -0.25) is 9.59 Å². The molecule has 0 spiro atoms. The first-order valence-electron chi connectivity index (χ1n) is 8.85. The molecule has 0 unspecified atom stereocenters. The molecule has 1 saturated carbocycles. The molecule has 4 nitrogen and oxygen atoms in total. The first-order chi connectivity index (χ1) is 12.2. The lowest BCUT2D eigenvalue weighted by molar-refractivity contribution is -0.137. The second-order valence-electron chi connectivity index (χ2n) is 6.94. The van der Waals surface area contributed by atoms with Crippen molar-refractivity contribution < 1.29 is 9.59 Å². The van der Waals surface area contributed by atoms with E-state index >= 15 is 0 Å². The summed E-state index contributed by atoms with van der Waals surface area (Å²) in [6.07, 6.45) is 1.58. The van der Waals surface area contributed by atoms with Crippen molar-refractivity contribution in [1.29, 1.82) is 0 Å². The van der Waals surface area contributed by atoms with Crippen molar-refractivity contribution in [2.75, 3.05) is 18.5 Å². The van der Waals surface area contributed by atoms with Crippen LogP contribution >= 0.6 is 0 Å². The Labute approximate surface area is 148 Å². The van der Waals surface area contributed by atoms with Crippen LogP contribution in [0.25, 0.3) is 0 Å². The van der Waals surface area contributed by atoms with Crippen LogP contribution in [0, 0.1) is 5.92 Å². The summed E-state index contributed by atoms with van der Waals surface area (Å²) < 4.78 is 0. The van der Waals surface area contributed by atoms with Crippen molar-refractivity contribution in [1.82, 2.24) is 4.90 Å². The molecule has 2 fully saturated rings. The Kier molecular flexibility index (Phi) is 4.04. The lowest BCUT2D eigenvalue weighted by Gasteiger charge is -2.24. The number of hydrogen-bond acceptors (Lipinski definition) is 2. The third-order valence-corrected chi connectivity index (χ3v) is 5.40. The Hall–Kier alpha value is -2.62. The van der Waals surface area contributed by atoms with Crippen molar-refractivity contribution in [2.45, 2.75) is 24.8 Å². The second-order valence-corrected chi connectivity index (χ2v) is 6.94. The molecule has 4 heteroatoms. The number of amides is 2. The van der Waals surface area contributed by atoms with Gasteiger partial charge in [0.25, 0.3) is 0 Å². The van der Waals surface area contributed by atoms with Crippen molar-refractivity contribution >= 4 is 17.5 Å². The third kappa shape index (κ3) is 2.93. The summed E-state index contributed by atoms with van der Waals surface area (Å²) in [7, 11) is 1.78. The standard InChI is InChI=1S/C21H22N2O2/c1-22(20(24)18-14-17(18)15-8-4-2-5-9-15)19-12-13-23(21(19)25)16-10-6-3-7-11-16/h2-11,17-19H,12-14H2,1H3/t17-,18+,19+/m0/s1. The SMILES string of the molecule is CN(C(=O)[C@@H]1C[C@H]1c1ccccc1)[C@@H]1CCN(c2ccccc2)C1=O. The zero-order valence-corrected chi connectivity index (χ0v) is 14.3. The van der Waals surface area contributed by atoms with E-state index in [1.807, 2.05) is 48.5 Å². The van der Waals surface area contributed by atoms with Gasteiger partial charge < -0.3 is 9.80 Å². The molecule has 2 aliphatic rings. The molecule has 0 radical (unpaired) electrons. The van der Waals surface area contributed by atoms with Crippen molar-refractivity contribution in [3.05, 3.63) is 66.2 Å². The van der Waals surface area contributed by atoms with Crippen LogP contribution in [-0.4, -0.2) is 36.3 Å². The predicted molar refractivity (Wildman–Crippen MR) is 97.3 cm³/mol. The van der Waals surface area contributed by atoms with Crippen LogP contribution in [0.4, 0.5) is 5.69 Å². The van der Waals surface area contributed by atoms with E-state index in [9.17, 15) is 9.59 Å². The van der Waals surface area contributed by atoms with Gasteiger partial charge in [-0.25, -0.2) is 0 Å². The van der Waals surface area contributed by atoms with E-state index in [0.29, 0.717) is 18.9 Å². The summed E-state index contributed by atoms with van der Waals surface area (Å²) in [6, 6.07) is 19.5. The zero-order valence-electron chi connectivity index (χ0n) is 14.3. The van der Waals surface area contributed by atoms with E-state index in [1.54, 1.807) is 16.8 Å². The van der Waals surface area contributed by atoms with Gasteiger partial charge in [0, 0.05) is 25.2 Å². The van der Waals surface area contributed by atoms with Crippen molar-refractivity contribution in [2.24, 2.45) is 5.92 Å². The summed E-state index contributed by atoms with van der Waals surface area (Å²) in [5, 5.41) is 0. The summed E-state index contributed by atoms with van der Waals surface area (Å²) in [5.74, 6) is 0.449. The molecule has 4 rings (SSSR count). The minimum Gasteiger partial charge on any atom is -0.333 e. The molecule has 0 N–H and O–H groups in total. The van der Waals surface area contributed by atoms with Gasteiger partial charge in [0.2, 0.25) is 11.8 Å². The lowest BCUT2D eigenvalue weighted by atomic mass is 10.1. The largest absolute Gasteiger partial charge is 0.333 e. The Bertz CT molecular complexity index is 775. The normalized spacial score (nSPS) is 25.1. The number of carbonyl (C=O) groups is 2. The maximum Gasteiger partial charge on any atom is 0.249 e. The fraction of sp³-hybridized carbons (Fsp3) is 0.333. The van der Waals surface area contributed by atoms with E-state index in [0.717, 1.165) is 12.1 Å². The molecule has 2 aromatic rings. The zero-order chi connectivity index (χ0) is 17.4. The second kappa shape index (κ2) is 6.36. The Morgan fingerprint density at radius 1 is 1.04 bits per heavy atom. The van der Waals surface area contributed by atoms with E-state index in [4.69, 9.17) is 0 Å². The molecule has 2 aromatic carbocycles. The highest BCUT2D eigenvalue weighted by molar-refractivity contribution is 6.01. The molecular weight excluding hydrogens is 312 g/mol. The highest BCUT2D eigenvalue weighted by Crippen LogP contribution is 2.48. The number of hydrogen-bond donors (Lipinski definition) is 0. The van der Waals surface area contributed by atoms with Gasteiger partial charge in [-0.1, -0.05) is 48.5 Å². The van der Waals surface area contributed by atoms with Gasteiger partial charge in [-0.15, -0.1) is 0 Å². The van der Waals surface area contributed by atoms with Gasteiger partial charge in [-0.05, 0) is 36.5 Å². The molecule has 0 aromatic heterocycles. The number of anilines is 1. The first-order valence-corrected chi connectivity index (χ1v) is 8.85. The summed E-state index contributed by atoms with van der Waals surface area (Å²) in [4.78, 5) is 29.1. The minimum atomic E-state index is -0.343. The van der Waals surface area contributed by atoms with Crippen LogP contribution in [0.2, 0.25) is 0 Å². The summed E-state index contributed by atoms with van der Waals surface area (Å²) in [5.41, 5.74) is 2.13. The summed E-state index contributed by atoms with van der Waals surface area (Å²) >= 11 is 0. The average Bonchev–Trinajstić information content (AvgIpc) is 3.37. The summed E-state index contributed by atoms with van der Waals surface area (Å²) in [6.45, 7) is 0.665. The molecule has 1 aliphatic heterocycles. The van der Waals surface area contributed by atoms with Crippen LogP contribution in [0.3, 0.4) is 0 Å². The fourth-order valence-electron chi connectivity index (χ4n) is 3.84. The monoisotopic (exact) mass is 334 g/mol.